The van der Waals surface area contributed by atoms with E-state index in [1.807, 2.05) is 11.3 Å². The van der Waals surface area contributed by atoms with E-state index in [1.165, 1.54) is 86.9 Å². The van der Waals surface area contributed by atoms with Crippen LogP contribution in [0.5, 0.6) is 0 Å². The highest BCUT2D eigenvalue weighted by Crippen LogP contribution is 2.56. The van der Waals surface area contributed by atoms with Crippen molar-refractivity contribution in [2.45, 2.75) is 50.9 Å². The fourth-order valence-electron chi connectivity index (χ4n) is 9.94. The molecule has 1 atom stereocenters. The number of rotatable bonds is 6. The summed E-state index contributed by atoms with van der Waals surface area (Å²) in [7, 11) is 0. The van der Waals surface area contributed by atoms with Gasteiger partial charge < -0.3 is 0 Å². The van der Waals surface area contributed by atoms with Crippen LogP contribution in [0.3, 0.4) is 0 Å². The monoisotopic (exact) mass is 749 g/mol. The summed E-state index contributed by atoms with van der Waals surface area (Å²) < 4.78 is 2.79. The van der Waals surface area contributed by atoms with Crippen molar-refractivity contribution in [2.24, 2.45) is 4.99 Å². The minimum Gasteiger partial charge on any atom is -0.252 e. The average molecular weight is 750 g/mol. The summed E-state index contributed by atoms with van der Waals surface area (Å²) in [6.45, 7) is 4.77. The molecule has 0 N–H and O–H groups in total. The smallest absolute Gasteiger partial charge is 0.0711 e. The predicted molar refractivity (Wildman–Crippen MR) is 244 cm³/mol. The zero-order chi connectivity index (χ0) is 38.1. The second-order valence-corrected chi connectivity index (χ2v) is 17.5. The number of benzene rings is 7. The molecule has 1 aliphatic heterocycles. The minimum atomic E-state index is -0.00434. The highest BCUT2D eigenvalue weighted by atomic mass is 32.1. The highest BCUT2D eigenvalue weighted by molar-refractivity contribution is 7.26. The first-order valence-corrected chi connectivity index (χ1v) is 21.3. The van der Waals surface area contributed by atoms with E-state index in [9.17, 15) is 0 Å². The number of fused-ring (bicyclic) bond motifs is 10. The first-order valence-electron chi connectivity index (χ1n) is 20.4. The van der Waals surface area contributed by atoms with Crippen molar-refractivity contribution in [3.63, 3.8) is 0 Å². The van der Waals surface area contributed by atoms with Crippen molar-refractivity contribution in [3.05, 3.63) is 214 Å². The maximum absolute atomic E-state index is 5.36. The Morgan fingerprint density at radius 1 is 0.614 bits per heavy atom. The molecule has 0 fully saturated rings. The molecule has 2 heterocycles. The van der Waals surface area contributed by atoms with Crippen LogP contribution < -0.4 is 0 Å². The molecule has 3 aliphatic rings. The van der Waals surface area contributed by atoms with E-state index < -0.39 is 0 Å². The lowest BCUT2D eigenvalue weighted by atomic mass is 9.82. The van der Waals surface area contributed by atoms with Crippen LogP contribution in [0, 0.1) is 0 Å². The molecule has 8 aromatic rings. The van der Waals surface area contributed by atoms with Crippen molar-refractivity contribution in [2.75, 3.05) is 0 Å². The van der Waals surface area contributed by atoms with Gasteiger partial charge in [0.15, 0.2) is 0 Å². The third-order valence-corrected chi connectivity index (χ3v) is 13.9. The highest BCUT2D eigenvalue weighted by Gasteiger charge is 2.37. The molecule has 11 rings (SSSR count). The number of thiophene rings is 1. The van der Waals surface area contributed by atoms with Crippen LogP contribution in [0.1, 0.15) is 83.5 Å². The molecular formula is C55H43NS. The number of allylic oxidation sites excluding steroid dienone is 3. The first-order chi connectivity index (χ1) is 28.0. The van der Waals surface area contributed by atoms with Crippen molar-refractivity contribution >= 4 is 48.5 Å². The molecule has 57 heavy (non-hydrogen) atoms. The Morgan fingerprint density at radius 2 is 1.33 bits per heavy atom. The summed E-state index contributed by atoms with van der Waals surface area (Å²) in [6, 6.07) is 58.6. The van der Waals surface area contributed by atoms with E-state index in [2.05, 4.69) is 184 Å². The largest absolute Gasteiger partial charge is 0.252 e. The Balaban J connectivity index is 0.908. The Bertz CT molecular complexity index is 2960. The number of hydrogen-bond donors (Lipinski definition) is 0. The summed E-state index contributed by atoms with van der Waals surface area (Å²) in [5, 5.41) is 2.83. The maximum Gasteiger partial charge on any atom is 0.0711 e. The van der Waals surface area contributed by atoms with Crippen LogP contribution in [0.4, 0.5) is 0 Å². The predicted octanol–water partition coefficient (Wildman–Crippen LogP) is 14.8. The molecule has 1 unspecified atom stereocenters. The molecule has 1 aromatic heterocycles. The standard InChI is InChI=1S/C55H43NS/c1-55(2)47-22-12-11-21-43(47)53-48(55)30-31-51-54(53)46-33-44-41-20-10-9-19-40(41)42(45(44)34-52(46)57-51)29-26-35-24-27-38(28-25-35)49-23-13-18-39(36-14-5-3-6-15-36)32-50(56-49)37-16-7-4-8-17-37/h3-12,14-22,24-25,27-28,30-34,42H,13,23,26,29H2,1-2H3/b39-18+,50-32-,56-49?. The van der Waals surface area contributed by atoms with Gasteiger partial charge in [-0.05, 0) is 117 Å². The topological polar surface area (TPSA) is 12.4 Å². The summed E-state index contributed by atoms with van der Waals surface area (Å²) in [5.74, 6) is 0.370. The van der Waals surface area contributed by atoms with Gasteiger partial charge in [-0.2, -0.15) is 0 Å². The van der Waals surface area contributed by atoms with Crippen molar-refractivity contribution in [1.29, 1.82) is 0 Å². The third-order valence-electron chi connectivity index (χ3n) is 12.8. The molecule has 2 aliphatic carbocycles. The van der Waals surface area contributed by atoms with Crippen LogP contribution in [0.15, 0.2) is 175 Å². The Kier molecular flexibility index (Phi) is 8.12. The Hall–Kier alpha value is -6.09. The molecule has 7 aromatic carbocycles. The SMILES string of the molecule is CC1(C)c2ccccc2-c2c1ccc1sc3cc4c(cc3c21)-c1ccccc1C4CCc1ccc(C2=N/C(c3ccccc3)=C\C(c3ccccc3)=C/CC2)cc1. The number of hydrogen-bond acceptors (Lipinski definition) is 2. The number of nitrogens with zero attached hydrogens (tertiary/aromatic N) is 1. The molecule has 0 bridgehead atoms. The quantitative estimate of drug-likeness (QED) is 0.161. The first kappa shape index (κ1) is 34.2. The van der Waals surface area contributed by atoms with Crippen LogP contribution in [-0.2, 0) is 11.8 Å². The Morgan fingerprint density at radius 3 is 2.14 bits per heavy atom. The molecule has 2 heteroatoms. The molecule has 0 saturated carbocycles. The number of aryl methyl sites for hydroxylation is 1. The summed E-state index contributed by atoms with van der Waals surface area (Å²) in [4.78, 5) is 5.36. The van der Waals surface area contributed by atoms with E-state index in [4.69, 9.17) is 4.99 Å². The second kappa shape index (κ2) is 13.5. The van der Waals surface area contributed by atoms with Gasteiger partial charge in [0.25, 0.3) is 0 Å². The van der Waals surface area contributed by atoms with Gasteiger partial charge >= 0.3 is 0 Å². The van der Waals surface area contributed by atoms with Gasteiger partial charge in [-0.1, -0.05) is 159 Å². The molecule has 1 nitrogen and oxygen atoms in total. The summed E-state index contributed by atoms with van der Waals surface area (Å²) in [5.41, 5.74) is 19.8. The maximum atomic E-state index is 5.36. The lowest BCUT2D eigenvalue weighted by Gasteiger charge is -2.21. The number of aliphatic imine (C=N–C) groups is 1. The average Bonchev–Trinajstić information content (AvgIpc) is 3.84. The van der Waals surface area contributed by atoms with Crippen LogP contribution in [0.2, 0.25) is 0 Å². The normalized spacial score (nSPS) is 18.4. The van der Waals surface area contributed by atoms with Crippen LogP contribution in [0.25, 0.3) is 53.7 Å². The lowest BCUT2D eigenvalue weighted by molar-refractivity contribution is 0.661. The lowest BCUT2D eigenvalue weighted by Crippen LogP contribution is -2.14. The molecule has 274 valence electrons. The van der Waals surface area contributed by atoms with E-state index in [0.29, 0.717) is 5.92 Å². The van der Waals surface area contributed by atoms with Crippen LogP contribution >= 0.6 is 11.3 Å². The zero-order valence-electron chi connectivity index (χ0n) is 32.4. The van der Waals surface area contributed by atoms with E-state index in [1.54, 1.807) is 0 Å². The fourth-order valence-corrected chi connectivity index (χ4v) is 11.1. The van der Waals surface area contributed by atoms with Gasteiger partial charge in [-0.3, -0.25) is 4.99 Å². The van der Waals surface area contributed by atoms with Gasteiger partial charge in [0.05, 0.1) is 5.70 Å². The molecule has 0 radical (unpaired) electrons. The molecule has 0 amide bonds. The molecule has 0 saturated heterocycles. The van der Waals surface area contributed by atoms with Crippen LogP contribution in [-0.4, -0.2) is 5.71 Å². The Labute approximate surface area is 339 Å². The van der Waals surface area contributed by atoms with E-state index in [-0.39, 0.29) is 5.41 Å². The van der Waals surface area contributed by atoms with Crippen molar-refractivity contribution < 1.29 is 0 Å². The van der Waals surface area contributed by atoms with Gasteiger partial charge in [0.2, 0.25) is 0 Å². The van der Waals surface area contributed by atoms with Gasteiger partial charge in [0, 0.05) is 42.8 Å². The summed E-state index contributed by atoms with van der Waals surface area (Å²) in [6.07, 6.45) is 8.57. The third kappa shape index (κ3) is 5.69. The van der Waals surface area contributed by atoms with E-state index >= 15 is 0 Å². The van der Waals surface area contributed by atoms with Gasteiger partial charge in [-0.15, -0.1) is 11.3 Å². The van der Waals surface area contributed by atoms with E-state index in [0.717, 1.165) is 42.7 Å². The fraction of sp³-hybridized carbons (Fsp3) is 0.145. The zero-order valence-corrected chi connectivity index (χ0v) is 33.2. The summed E-state index contributed by atoms with van der Waals surface area (Å²) >= 11 is 1.96. The van der Waals surface area contributed by atoms with Crippen molar-refractivity contribution in [1.82, 2.24) is 0 Å². The second-order valence-electron chi connectivity index (χ2n) is 16.5. The molecule has 0 spiro atoms. The van der Waals surface area contributed by atoms with Gasteiger partial charge in [-0.25, -0.2) is 0 Å². The van der Waals surface area contributed by atoms with Gasteiger partial charge in [0.1, 0.15) is 0 Å². The van der Waals surface area contributed by atoms with Crippen molar-refractivity contribution in [3.8, 4) is 22.3 Å². The molecular weight excluding hydrogens is 707 g/mol. The minimum absolute atomic E-state index is 0.00434.